The van der Waals surface area contributed by atoms with Gasteiger partial charge in [-0.3, -0.25) is 0 Å². The summed E-state index contributed by atoms with van der Waals surface area (Å²) in [6, 6.07) is 6.67. The van der Waals surface area contributed by atoms with Gasteiger partial charge in [-0.1, -0.05) is 0 Å². The molecule has 17 heavy (non-hydrogen) atoms. The molecule has 0 aliphatic heterocycles. The molecule has 0 saturated carbocycles. The van der Waals surface area contributed by atoms with Crippen molar-refractivity contribution in [3.63, 3.8) is 0 Å². The van der Waals surface area contributed by atoms with Gasteiger partial charge in [-0.2, -0.15) is 0 Å². The molecule has 0 radical (unpaired) electrons. The number of carboxylic acid groups (broad SMARTS) is 1. The molecule has 88 valence electrons. The van der Waals surface area contributed by atoms with Crippen LogP contribution in [0.5, 0.6) is 0 Å². The summed E-state index contributed by atoms with van der Waals surface area (Å²) in [5.41, 5.74) is 8.28. The maximum Gasteiger partial charge on any atom is 0.335 e. The van der Waals surface area contributed by atoms with E-state index in [1.165, 1.54) is 12.1 Å². The van der Waals surface area contributed by atoms with Crippen LogP contribution in [-0.2, 0) is 0 Å². The molecule has 1 heterocycles. The molecule has 2 aromatic rings. The summed E-state index contributed by atoms with van der Waals surface area (Å²) in [5.74, 6) is -0.976. The molecule has 0 spiro atoms. The summed E-state index contributed by atoms with van der Waals surface area (Å²) in [4.78, 5) is 10.8. The number of nitrogen functional groups attached to an aromatic ring is 1. The predicted molar refractivity (Wildman–Crippen MR) is 70.2 cm³/mol. The van der Waals surface area contributed by atoms with Gasteiger partial charge in [0, 0.05) is 0 Å². The molecule has 4 nitrogen and oxygen atoms in total. The molecule has 5 heteroatoms. The lowest BCUT2D eigenvalue weighted by molar-refractivity contribution is 0.0697. The summed E-state index contributed by atoms with van der Waals surface area (Å²) in [5, 5.41) is 15.0. The van der Waals surface area contributed by atoms with Gasteiger partial charge in [0.15, 0.2) is 0 Å². The first-order chi connectivity index (χ1) is 8.08. The first-order valence-electron chi connectivity index (χ1n) is 5.02. The fourth-order valence-electron chi connectivity index (χ4n) is 1.43. The van der Waals surface area contributed by atoms with Gasteiger partial charge in [-0.15, -0.1) is 11.3 Å². The smallest absolute Gasteiger partial charge is 0.335 e. The number of hydrogen-bond donors (Lipinski definition) is 3. The number of benzene rings is 1. The maximum absolute atomic E-state index is 10.8. The molecule has 1 aromatic carbocycles. The maximum atomic E-state index is 10.8. The highest BCUT2D eigenvalue weighted by molar-refractivity contribution is 7.14. The zero-order valence-corrected chi connectivity index (χ0v) is 10.0. The molecule has 0 aliphatic carbocycles. The normalized spacial score (nSPS) is 10.2. The molecular weight excluding hydrogens is 236 g/mol. The lowest BCUT2D eigenvalue weighted by atomic mass is 10.1. The van der Waals surface area contributed by atoms with Gasteiger partial charge in [-0.25, -0.2) is 4.79 Å². The number of rotatable bonds is 3. The third-order valence-corrected chi connectivity index (χ3v) is 3.34. The molecule has 0 bridgehead atoms. The minimum Gasteiger partial charge on any atom is -0.478 e. The average molecular weight is 248 g/mol. The highest BCUT2D eigenvalue weighted by atomic mass is 32.1. The molecule has 1 aromatic heterocycles. The number of carbonyl (C=O) groups is 1. The second kappa shape index (κ2) is 4.47. The molecular formula is C12H12N2O2S. The van der Waals surface area contributed by atoms with Crippen molar-refractivity contribution >= 4 is 33.7 Å². The van der Waals surface area contributed by atoms with E-state index in [4.69, 9.17) is 10.8 Å². The van der Waals surface area contributed by atoms with Crippen LogP contribution >= 0.6 is 11.3 Å². The van der Waals surface area contributed by atoms with Crippen LogP contribution < -0.4 is 11.1 Å². The summed E-state index contributed by atoms with van der Waals surface area (Å²) in [6.07, 6.45) is 0. The van der Waals surface area contributed by atoms with Crippen molar-refractivity contribution in [1.29, 1.82) is 0 Å². The number of nitrogens with one attached hydrogen (secondary N) is 1. The van der Waals surface area contributed by atoms with E-state index < -0.39 is 5.97 Å². The van der Waals surface area contributed by atoms with E-state index in [2.05, 4.69) is 5.32 Å². The van der Waals surface area contributed by atoms with Crippen molar-refractivity contribution in [2.24, 2.45) is 0 Å². The fraction of sp³-hybridized carbons (Fsp3) is 0.0833. The Kier molecular flexibility index (Phi) is 3.01. The Labute approximate surface area is 103 Å². The van der Waals surface area contributed by atoms with E-state index in [0.29, 0.717) is 5.69 Å². The molecule has 0 amide bonds. The minimum absolute atomic E-state index is 0.191. The Bertz CT molecular complexity index is 563. The second-order valence-corrected chi connectivity index (χ2v) is 4.58. The first kappa shape index (κ1) is 11.5. The van der Waals surface area contributed by atoms with Gasteiger partial charge >= 0.3 is 5.97 Å². The largest absolute Gasteiger partial charge is 0.478 e. The summed E-state index contributed by atoms with van der Waals surface area (Å²) in [6.45, 7) is 2.00. The third-order valence-electron chi connectivity index (χ3n) is 2.41. The van der Waals surface area contributed by atoms with E-state index in [1.807, 2.05) is 18.4 Å². The summed E-state index contributed by atoms with van der Waals surface area (Å²) in [7, 11) is 0. The average Bonchev–Trinajstić information content (AvgIpc) is 2.67. The van der Waals surface area contributed by atoms with Crippen molar-refractivity contribution in [1.82, 2.24) is 0 Å². The Balaban J connectivity index is 2.29. The van der Waals surface area contributed by atoms with Crippen LogP contribution in [0.25, 0.3) is 0 Å². The standard InChI is InChI=1S/C12H12N2O2S/c1-7-4-5-17-11(7)14-10-3-2-8(12(15)16)6-9(10)13/h2-6,14H,13H2,1H3,(H,15,16). The van der Waals surface area contributed by atoms with E-state index in [1.54, 1.807) is 17.4 Å². The molecule has 0 saturated heterocycles. The highest BCUT2D eigenvalue weighted by Crippen LogP contribution is 2.29. The number of carboxylic acids is 1. The predicted octanol–water partition coefficient (Wildman–Crippen LogP) is 3.08. The Morgan fingerprint density at radius 3 is 2.71 bits per heavy atom. The number of hydrogen-bond acceptors (Lipinski definition) is 4. The number of anilines is 3. The van der Waals surface area contributed by atoms with Crippen LogP contribution in [0.3, 0.4) is 0 Å². The van der Waals surface area contributed by atoms with Gasteiger partial charge in [-0.05, 0) is 42.1 Å². The Morgan fingerprint density at radius 1 is 1.41 bits per heavy atom. The first-order valence-corrected chi connectivity index (χ1v) is 5.90. The minimum atomic E-state index is -0.976. The van der Waals surface area contributed by atoms with Crippen LogP contribution in [0.2, 0.25) is 0 Å². The van der Waals surface area contributed by atoms with Gasteiger partial charge in [0.05, 0.1) is 21.9 Å². The number of aryl methyl sites for hydroxylation is 1. The highest BCUT2D eigenvalue weighted by Gasteiger charge is 2.07. The summed E-state index contributed by atoms with van der Waals surface area (Å²) < 4.78 is 0. The number of nitrogens with two attached hydrogens (primary N) is 1. The van der Waals surface area contributed by atoms with E-state index in [0.717, 1.165) is 16.3 Å². The van der Waals surface area contributed by atoms with Gasteiger partial charge < -0.3 is 16.2 Å². The van der Waals surface area contributed by atoms with Crippen molar-refractivity contribution in [2.45, 2.75) is 6.92 Å². The quantitative estimate of drug-likeness (QED) is 0.730. The van der Waals surface area contributed by atoms with Crippen LogP contribution in [-0.4, -0.2) is 11.1 Å². The zero-order chi connectivity index (χ0) is 12.4. The molecule has 0 aliphatic rings. The van der Waals surface area contributed by atoms with Crippen LogP contribution in [0.15, 0.2) is 29.6 Å². The van der Waals surface area contributed by atoms with Crippen LogP contribution in [0.4, 0.5) is 16.4 Å². The van der Waals surface area contributed by atoms with Crippen LogP contribution in [0.1, 0.15) is 15.9 Å². The van der Waals surface area contributed by atoms with Crippen molar-refractivity contribution in [3.05, 3.63) is 40.8 Å². The van der Waals surface area contributed by atoms with Gasteiger partial charge in [0.2, 0.25) is 0 Å². The molecule has 4 N–H and O–H groups in total. The molecule has 2 rings (SSSR count). The summed E-state index contributed by atoms with van der Waals surface area (Å²) >= 11 is 1.58. The molecule has 0 fully saturated rings. The second-order valence-electron chi connectivity index (χ2n) is 3.66. The van der Waals surface area contributed by atoms with E-state index in [-0.39, 0.29) is 5.56 Å². The molecule has 0 unspecified atom stereocenters. The van der Waals surface area contributed by atoms with Crippen molar-refractivity contribution < 1.29 is 9.90 Å². The van der Waals surface area contributed by atoms with Gasteiger partial charge in [0.1, 0.15) is 0 Å². The topological polar surface area (TPSA) is 75.3 Å². The van der Waals surface area contributed by atoms with E-state index in [9.17, 15) is 4.79 Å². The Morgan fingerprint density at radius 2 is 2.18 bits per heavy atom. The zero-order valence-electron chi connectivity index (χ0n) is 9.23. The SMILES string of the molecule is Cc1ccsc1Nc1ccc(C(=O)O)cc1N. The lowest BCUT2D eigenvalue weighted by Gasteiger charge is -2.09. The van der Waals surface area contributed by atoms with E-state index >= 15 is 0 Å². The Hall–Kier alpha value is -2.01. The van der Waals surface area contributed by atoms with Crippen LogP contribution in [0, 0.1) is 6.92 Å². The fourth-order valence-corrected chi connectivity index (χ4v) is 2.26. The van der Waals surface area contributed by atoms with Crippen molar-refractivity contribution in [3.8, 4) is 0 Å². The monoisotopic (exact) mass is 248 g/mol. The van der Waals surface area contributed by atoms with Gasteiger partial charge in [0.25, 0.3) is 0 Å². The number of aromatic carboxylic acids is 1. The molecule has 0 atom stereocenters. The number of thiophene rings is 1. The third kappa shape index (κ3) is 2.39. The lowest BCUT2D eigenvalue weighted by Crippen LogP contribution is -2.01. The van der Waals surface area contributed by atoms with Crippen molar-refractivity contribution in [2.75, 3.05) is 11.1 Å².